The van der Waals surface area contributed by atoms with Crippen LogP contribution in [0.2, 0.25) is 10.0 Å². The molecule has 0 saturated carbocycles. The molecule has 2 amide bonds. The van der Waals surface area contributed by atoms with Gasteiger partial charge in [-0.15, -0.1) is 0 Å². The number of anilines is 1. The van der Waals surface area contributed by atoms with Crippen LogP contribution in [0.1, 0.15) is 12.5 Å². The molecule has 0 aliphatic heterocycles. The zero-order valence-corrected chi connectivity index (χ0v) is 13.2. The first-order chi connectivity index (χ1) is 10.1. The zero-order valence-electron chi connectivity index (χ0n) is 11.6. The smallest absolute Gasteiger partial charge is 0.320 e. The fourth-order valence-corrected chi connectivity index (χ4v) is 2.21. The minimum atomic E-state index is -0.167. The first-order valence-corrected chi connectivity index (χ1v) is 7.40. The van der Waals surface area contributed by atoms with Crippen molar-refractivity contribution in [2.75, 3.05) is 11.9 Å². The minimum Gasteiger partial charge on any atom is -0.320 e. The molecule has 3 nitrogen and oxygen atoms in total. The van der Waals surface area contributed by atoms with Gasteiger partial charge in [-0.05, 0) is 30.7 Å². The normalized spacial score (nSPS) is 10.2. The summed E-state index contributed by atoms with van der Waals surface area (Å²) in [5.41, 5.74) is 1.71. The van der Waals surface area contributed by atoms with Crippen LogP contribution < -0.4 is 5.32 Å². The van der Waals surface area contributed by atoms with E-state index in [0.717, 1.165) is 5.56 Å². The van der Waals surface area contributed by atoms with Crippen LogP contribution in [0.5, 0.6) is 0 Å². The highest BCUT2D eigenvalue weighted by Gasteiger charge is 2.12. The number of hydrogen-bond acceptors (Lipinski definition) is 1. The van der Waals surface area contributed by atoms with Gasteiger partial charge in [-0.2, -0.15) is 0 Å². The second-order valence-corrected chi connectivity index (χ2v) is 5.37. The summed E-state index contributed by atoms with van der Waals surface area (Å²) in [6.07, 6.45) is 0. The number of nitrogens with one attached hydrogen (secondary N) is 1. The van der Waals surface area contributed by atoms with Gasteiger partial charge in [0.2, 0.25) is 0 Å². The highest BCUT2D eigenvalue weighted by atomic mass is 35.5. The van der Waals surface area contributed by atoms with Crippen molar-refractivity contribution in [3.05, 3.63) is 64.1 Å². The molecule has 0 saturated heterocycles. The molecule has 2 aromatic rings. The second kappa shape index (κ2) is 7.34. The van der Waals surface area contributed by atoms with Crippen LogP contribution in [0.3, 0.4) is 0 Å². The zero-order chi connectivity index (χ0) is 15.2. The molecule has 0 fully saturated rings. The van der Waals surface area contributed by atoms with Crippen molar-refractivity contribution in [1.82, 2.24) is 4.90 Å². The van der Waals surface area contributed by atoms with E-state index in [0.29, 0.717) is 28.8 Å². The predicted molar refractivity (Wildman–Crippen MR) is 88.0 cm³/mol. The predicted octanol–water partition coefficient (Wildman–Crippen LogP) is 5.05. The Morgan fingerprint density at radius 2 is 1.81 bits per heavy atom. The molecule has 0 unspecified atom stereocenters. The van der Waals surface area contributed by atoms with Crippen LogP contribution >= 0.6 is 23.2 Å². The molecule has 1 N–H and O–H groups in total. The van der Waals surface area contributed by atoms with E-state index in [1.165, 1.54) is 0 Å². The van der Waals surface area contributed by atoms with Crippen LogP contribution in [0.25, 0.3) is 0 Å². The summed E-state index contributed by atoms with van der Waals surface area (Å²) >= 11 is 11.8. The first kappa shape index (κ1) is 15.7. The largest absolute Gasteiger partial charge is 0.322 e. The topological polar surface area (TPSA) is 32.3 Å². The average molecular weight is 323 g/mol. The number of urea groups is 1. The lowest BCUT2D eigenvalue weighted by atomic mass is 10.2. The Balaban J connectivity index is 2.04. The maximum absolute atomic E-state index is 12.3. The van der Waals surface area contributed by atoms with Gasteiger partial charge < -0.3 is 10.2 Å². The summed E-state index contributed by atoms with van der Waals surface area (Å²) in [7, 11) is 0. The van der Waals surface area contributed by atoms with Crippen molar-refractivity contribution in [2.45, 2.75) is 13.5 Å². The van der Waals surface area contributed by atoms with Gasteiger partial charge in [-0.3, -0.25) is 0 Å². The number of carbonyl (C=O) groups excluding carboxylic acids is 1. The van der Waals surface area contributed by atoms with Crippen LogP contribution in [0.4, 0.5) is 10.5 Å². The number of carbonyl (C=O) groups is 1. The van der Waals surface area contributed by atoms with Crippen molar-refractivity contribution in [2.24, 2.45) is 0 Å². The number of benzene rings is 2. The van der Waals surface area contributed by atoms with E-state index in [1.807, 2.05) is 37.3 Å². The van der Waals surface area contributed by atoms with Gasteiger partial charge in [0.1, 0.15) is 0 Å². The molecule has 110 valence electrons. The molecule has 0 heterocycles. The lowest BCUT2D eigenvalue weighted by Gasteiger charge is -2.21. The van der Waals surface area contributed by atoms with Crippen LogP contribution in [-0.2, 0) is 6.54 Å². The molecule has 5 heteroatoms. The third-order valence-corrected chi connectivity index (χ3v) is 3.80. The van der Waals surface area contributed by atoms with E-state index >= 15 is 0 Å². The van der Waals surface area contributed by atoms with E-state index in [-0.39, 0.29) is 6.03 Å². The van der Waals surface area contributed by atoms with Gasteiger partial charge in [0, 0.05) is 18.8 Å². The highest BCUT2D eigenvalue weighted by molar-refractivity contribution is 6.42. The van der Waals surface area contributed by atoms with Crippen LogP contribution in [0.15, 0.2) is 48.5 Å². The Hall–Kier alpha value is -1.71. The molecule has 0 bridgehead atoms. The summed E-state index contributed by atoms with van der Waals surface area (Å²) in [5.74, 6) is 0. The summed E-state index contributed by atoms with van der Waals surface area (Å²) in [6, 6.07) is 14.7. The number of halogens is 2. The van der Waals surface area contributed by atoms with E-state index in [9.17, 15) is 4.79 Å². The molecule has 0 aliphatic rings. The van der Waals surface area contributed by atoms with E-state index in [2.05, 4.69) is 5.32 Å². The van der Waals surface area contributed by atoms with E-state index in [1.54, 1.807) is 23.1 Å². The molecule has 0 aromatic heterocycles. The third-order valence-electron chi connectivity index (χ3n) is 3.06. The quantitative estimate of drug-likeness (QED) is 0.839. The van der Waals surface area contributed by atoms with Gasteiger partial charge in [0.25, 0.3) is 0 Å². The highest BCUT2D eigenvalue weighted by Crippen LogP contribution is 2.25. The number of nitrogens with zero attached hydrogens (tertiary/aromatic N) is 1. The Bertz CT molecular complexity index is 617. The van der Waals surface area contributed by atoms with Gasteiger partial charge >= 0.3 is 6.03 Å². The summed E-state index contributed by atoms with van der Waals surface area (Å²) in [4.78, 5) is 14.0. The Kier molecular flexibility index (Phi) is 5.48. The van der Waals surface area contributed by atoms with Crippen molar-refractivity contribution in [3.8, 4) is 0 Å². The SMILES string of the molecule is CCN(Cc1ccccc1)C(=O)Nc1ccc(Cl)c(Cl)c1. The van der Waals surface area contributed by atoms with Crippen molar-refractivity contribution in [3.63, 3.8) is 0 Å². The fourth-order valence-electron chi connectivity index (χ4n) is 1.91. The fraction of sp³-hybridized carbons (Fsp3) is 0.188. The third kappa shape index (κ3) is 4.38. The summed E-state index contributed by atoms with van der Waals surface area (Å²) in [5, 5.41) is 3.71. The van der Waals surface area contributed by atoms with Crippen molar-refractivity contribution < 1.29 is 4.79 Å². The maximum atomic E-state index is 12.3. The Morgan fingerprint density at radius 1 is 1.10 bits per heavy atom. The van der Waals surface area contributed by atoms with Gasteiger partial charge in [-0.1, -0.05) is 53.5 Å². The lowest BCUT2D eigenvalue weighted by Crippen LogP contribution is -2.34. The molecule has 0 radical (unpaired) electrons. The lowest BCUT2D eigenvalue weighted by molar-refractivity contribution is 0.212. The number of rotatable bonds is 4. The molecule has 2 rings (SSSR count). The van der Waals surface area contributed by atoms with Crippen LogP contribution in [-0.4, -0.2) is 17.5 Å². The van der Waals surface area contributed by atoms with Gasteiger partial charge in [0.15, 0.2) is 0 Å². The monoisotopic (exact) mass is 322 g/mol. The number of amides is 2. The maximum Gasteiger partial charge on any atom is 0.322 e. The second-order valence-electron chi connectivity index (χ2n) is 4.56. The molecule has 0 atom stereocenters. The molecule has 0 spiro atoms. The first-order valence-electron chi connectivity index (χ1n) is 6.65. The molecule has 21 heavy (non-hydrogen) atoms. The molecule has 2 aromatic carbocycles. The minimum absolute atomic E-state index is 0.167. The van der Waals surface area contributed by atoms with Gasteiger partial charge in [0.05, 0.1) is 10.0 Å². The van der Waals surface area contributed by atoms with Crippen molar-refractivity contribution >= 4 is 34.9 Å². The molecular weight excluding hydrogens is 307 g/mol. The standard InChI is InChI=1S/C16H16Cl2N2O/c1-2-20(11-12-6-4-3-5-7-12)16(21)19-13-8-9-14(17)15(18)10-13/h3-10H,2,11H2,1H3,(H,19,21). The Morgan fingerprint density at radius 3 is 2.43 bits per heavy atom. The summed E-state index contributed by atoms with van der Waals surface area (Å²) in [6.45, 7) is 3.11. The average Bonchev–Trinajstić information content (AvgIpc) is 2.49. The van der Waals surface area contributed by atoms with Crippen LogP contribution in [0, 0.1) is 0 Å². The van der Waals surface area contributed by atoms with Crippen molar-refractivity contribution in [1.29, 1.82) is 0 Å². The Labute approximate surface area is 134 Å². The molecular formula is C16H16Cl2N2O. The van der Waals surface area contributed by atoms with E-state index < -0.39 is 0 Å². The van der Waals surface area contributed by atoms with E-state index in [4.69, 9.17) is 23.2 Å². The molecule has 0 aliphatic carbocycles. The number of hydrogen-bond donors (Lipinski definition) is 1. The summed E-state index contributed by atoms with van der Waals surface area (Å²) < 4.78 is 0. The van der Waals surface area contributed by atoms with Gasteiger partial charge in [-0.25, -0.2) is 4.79 Å².